The van der Waals surface area contributed by atoms with Gasteiger partial charge in [-0.15, -0.1) is 12.6 Å². The molecule has 0 saturated carbocycles. The summed E-state index contributed by atoms with van der Waals surface area (Å²) in [5.74, 6) is 0. The van der Waals surface area contributed by atoms with E-state index >= 15 is 0 Å². The summed E-state index contributed by atoms with van der Waals surface area (Å²) in [7, 11) is 0. The molecule has 2 nitrogen and oxygen atoms in total. The van der Waals surface area contributed by atoms with Crippen molar-refractivity contribution in [1.82, 2.24) is 5.32 Å². The van der Waals surface area contributed by atoms with Gasteiger partial charge in [0, 0.05) is 0 Å². The third-order valence-corrected chi connectivity index (χ3v) is 1.67. The van der Waals surface area contributed by atoms with Crippen molar-refractivity contribution in [3.8, 4) is 0 Å². The van der Waals surface area contributed by atoms with E-state index in [0.717, 1.165) is 19.4 Å². The van der Waals surface area contributed by atoms with Crippen molar-refractivity contribution in [2.24, 2.45) is 0 Å². The fourth-order valence-corrected chi connectivity index (χ4v) is 1.12. The number of carbonyl (C=O) groups is 1. The number of thiol groups is 1. The van der Waals surface area contributed by atoms with E-state index in [1.165, 1.54) is 0 Å². The van der Waals surface area contributed by atoms with Crippen LogP contribution in [0.2, 0.25) is 0 Å². The van der Waals surface area contributed by atoms with Crippen LogP contribution in [0.4, 0.5) is 0 Å². The van der Waals surface area contributed by atoms with Crippen LogP contribution in [0.25, 0.3) is 0 Å². The van der Waals surface area contributed by atoms with Gasteiger partial charge in [0.15, 0.2) is 0 Å². The molecular formula is C5H9NOS. The summed E-state index contributed by atoms with van der Waals surface area (Å²) in [6, 6.07) is 0.0401. The lowest BCUT2D eigenvalue weighted by Gasteiger charge is -2.00. The molecule has 0 spiro atoms. The molecular weight excluding hydrogens is 122 g/mol. The van der Waals surface area contributed by atoms with Crippen molar-refractivity contribution in [3.05, 3.63) is 0 Å². The van der Waals surface area contributed by atoms with Crippen molar-refractivity contribution in [3.63, 3.8) is 0 Å². The van der Waals surface area contributed by atoms with Crippen LogP contribution in [0, 0.1) is 0 Å². The topological polar surface area (TPSA) is 29.1 Å². The maximum atomic E-state index is 10.4. The largest absolute Gasteiger partial charge is 0.307 e. The molecule has 1 saturated heterocycles. The first-order valence-corrected chi connectivity index (χ1v) is 3.21. The Hall–Kier alpha value is -0.0200. The van der Waals surface area contributed by atoms with Gasteiger partial charge >= 0.3 is 0 Å². The lowest BCUT2D eigenvalue weighted by molar-refractivity contribution is -0.112. The molecule has 8 heavy (non-hydrogen) atoms. The van der Waals surface area contributed by atoms with E-state index in [1.807, 2.05) is 0 Å². The number of rotatable bonds is 1. The molecule has 0 aromatic carbocycles. The Labute approximate surface area is 54.1 Å². The van der Waals surface area contributed by atoms with E-state index in [2.05, 4.69) is 17.9 Å². The molecule has 0 aromatic rings. The Morgan fingerprint density at radius 2 is 2.50 bits per heavy atom. The monoisotopic (exact) mass is 131 g/mol. The predicted octanol–water partition coefficient (Wildman–Crippen LogP) is 0.195. The van der Waals surface area contributed by atoms with E-state index in [4.69, 9.17) is 0 Å². The lowest BCUT2D eigenvalue weighted by Crippen LogP contribution is -2.26. The highest BCUT2D eigenvalue weighted by Crippen LogP contribution is 2.06. The van der Waals surface area contributed by atoms with Gasteiger partial charge in [0.05, 0.1) is 6.04 Å². The average molecular weight is 131 g/mol. The summed E-state index contributed by atoms with van der Waals surface area (Å²) in [5, 5.41) is 3.00. The molecule has 0 aromatic heterocycles. The van der Waals surface area contributed by atoms with Crippen molar-refractivity contribution in [1.29, 1.82) is 0 Å². The van der Waals surface area contributed by atoms with Gasteiger partial charge in [0.1, 0.15) is 0 Å². The maximum Gasteiger partial charge on any atom is 0.202 e. The maximum absolute atomic E-state index is 10.4. The smallest absolute Gasteiger partial charge is 0.202 e. The van der Waals surface area contributed by atoms with Crippen LogP contribution in [-0.4, -0.2) is 17.7 Å². The van der Waals surface area contributed by atoms with Gasteiger partial charge in [-0.25, -0.2) is 0 Å². The highest BCUT2D eigenvalue weighted by molar-refractivity contribution is 7.96. The first kappa shape index (κ1) is 6.11. The molecule has 1 fully saturated rings. The fourth-order valence-electron chi connectivity index (χ4n) is 0.895. The minimum absolute atomic E-state index is 0.0255. The van der Waals surface area contributed by atoms with Crippen LogP contribution in [0.5, 0.6) is 0 Å². The van der Waals surface area contributed by atoms with E-state index < -0.39 is 0 Å². The van der Waals surface area contributed by atoms with Crippen LogP contribution in [-0.2, 0) is 4.79 Å². The van der Waals surface area contributed by atoms with E-state index in [9.17, 15) is 4.79 Å². The third kappa shape index (κ3) is 1.23. The molecule has 1 unspecified atom stereocenters. The standard InChI is InChI=1S/C5H9NOS/c7-5(8)4-2-1-3-6-4/h4,6H,1-3H2,(H,7,8). The summed E-state index contributed by atoms with van der Waals surface area (Å²) in [5.41, 5.74) is 0. The number of hydrogen-bond acceptors (Lipinski definition) is 2. The van der Waals surface area contributed by atoms with Gasteiger partial charge in [0.2, 0.25) is 5.12 Å². The van der Waals surface area contributed by atoms with Gasteiger partial charge in [-0.3, -0.25) is 4.79 Å². The van der Waals surface area contributed by atoms with Crippen LogP contribution >= 0.6 is 12.6 Å². The SMILES string of the molecule is O=C(S)C1CCCN1. The second-order valence-electron chi connectivity index (χ2n) is 1.99. The Morgan fingerprint density at radius 3 is 2.75 bits per heavy atom. The summed E-state index contributed by atoms with van der Waals surface area (Å²) in [6.45, 7) is 0.969. The molecule has 1 aliphatic heterocycles. The second-order valence-corrected chi connectivity index (χ2v) is 2.43. The molecule has 0 aliphatic carbocycles. The van der Waals surface area contributed by atoms with Crippen LogP contribution in [0.1, 0.15) is 12.8 Å². The molecule has 1 heterocycles. The van der Waals surface area contributed by atoms with E-state index in [0.29, 0.717) is 0 Å². The zero-order chi connectivity index (χ0) is 5.98. The highest BCUT2D eigenvalue weighted by Gasteiger charge is 2.18. The van der Waals surface area contributed by atoms with Gasteiger partial charge in [-0.1, -0.05) is 0 Å². The number of hydrogen-bond donors (Lipinski definition) is 2. The summed E-state index contributed by atoms with van der Waals surface area (Å²) in [4.78, 5) is 10.4. The Kier molecular flexibility index (Phi) is 1.91. The molecule has 46 valence electrons. The highest BCUT2D eigenvalue weighted by atomic mass is 32.1. The van der Waals surface area contributed by atoms with Gasteiger partial charge < -0.3 is 5.32 Å². The third-order valence-electron chi connectivity index (χ3n) is 1.36. The molecule has 0 radical (unpaired) electrons. The molecule has 1 atom stereocenters. The fraction of sp³-hybridized carbons (Fsp3) is 0.800. The number of carbonyl (C=O) groups excluding carboxylic acids is 1. The minimum Gasteiger partial charge on any atom is -0.307 e. The normalized spacial score (nSPS) is 28.4. The van der Waals surface area contributed by atoms with Crippen molar-refractivity contribution in [2.45, 2.75) is 18.9 Å². The van der Waals surface area contributed by atoms with E-state index in [-0.39, 0.29) is 11.2 Å². The minimum atomic E-state index is -0.0255. The van der Waals surface area contributed by atoms with Gasteiger partial charge in [-0.05, 0) is 19.4 Å². The quantitative estimate of drug-likeness (QED) is 0.498. The Balaban J connectivity index is 2.35. The first-order chi connectivity index (χ1) is 3.80. The van der Waals surface area contributed by atoms with Gasteiger partial charge in [0.25, 0.3) is 0 Å². The van der Waals surface area contributed by atoms with Crippen molar-refractivity contribution in [2.75, 3.05) is 6.54 Å². The average Bonchev–Trinajstić information content (AvgIpc) is 2.12. The predicted molar refractivity (Wildman–Crippen MR) is 35.0 cm³/mol. The molecule has 1 N–H and O–H groups in total. The Bertz CT molecular complexity index is 98.6. The van der Waals surface area contributed by atoms with E-state index in [1.54, 1.807) is 0 Å². The van der Waals surface area contributed by atoms with Crippen LogP contribution in [0.15, 0.2) is 0 Å². The summed E-state index contributed by atoms with van der Waals surface area (Å²) < 4.78 is 0. The summed E-state index contributed by atoms with van der Waals surface area (Å²) in [6.07, 6.45) is 2.07. The summed E-state index contributed by atoms with van der Waals surface area (Å²) >= 11 is 3.69. The lowest BCUT2D eigenvalue weighted by atomic mass is 10.2. The zero-order valence-electron chi connectivity index (χ0n) is 4.55. The zero-order valence-corrected chi connectivity index (χ0v) is 5.45. The second kappa shape index (κ2) is 2.51. The van der Waals surface area contributed by atoms with Crippen molar-refractivity contribution < 1.29 is 4.79 Å². The number of nitrogens with one attached hydrogen (secondary N) is 1. The van der Waals surface area contributed by atoms with Gasteiger partial charge in [-0.2, -0.15) is 0 Å². The van der Waals surface area contributed by atoms with Crippen LogP contribution < -0.4 is 5.32 Å². The molecule has 3 heteroatoms. The molecule has 0 bridgehead atoms. The van der Waals surface area contributed by atoms with Crippen LogP contribution in [0.3, 0.4) is 0 Å². The molecule has 0 amide bonds. The molecule has 1 aliphatic rings. The first-order valence-electron chi connectivity index (χ1n) is 2.77. The molecule has 1 rings (SSSR count). The Morgan fingerprint density at radius 1 is 1.75 bits per heavy atom. The van der Waals surface area contributed by atoms with Crippen molar-refractivity contribution >= 4 is 17.7 Å².